The van der Waals surface area contributed by atoms with Crippen molar-refractivity contribution in [1.29, 1.82) is 0 Å². The largest absolute Gasteiger partial charge is 0.335 e. The van der Waals surface area contributed by atoms with Gasteiger partial charge in [-0.25, -0.2) is 4.68 Å². The quantitative estimate of drug-likeness (QED) is 0.655. The summed E-state index contributed by atoms with van der Waals surface area (Å²) in [5.41, 5.74) is 1.79. The van der Waals surface area contributed by atoms with Crippen molar-refractivity contribution in [3.05, 3.63) is 80.4 Å². The number of aromatic amines is 1. The predicted molar refractivity (Wildman–Crippen MR) is 118 cm³/mol. The Balaban J connectivity index is 1.48. The van der Waals surface area contributed by atoms with Crippen molar-refractivity contribution >= 4 is 16.7 Å². The van der Waals surface area contributed by atoms with Gasteiger partial charge in [-0.05, 0) is 42.0 Å². The summed E-state index contributed by atoms with van der Waals surface area (Å²) in [4.78, 5) is 39.8. The normalized spacial score (nSPS) is 13.7. The first-order valence-electron chi connectivity index (χ1n) is 10.5. The number of aryl methyl sites for hydroxylation is 1. The molecular formula is C24H27N3O3. The number of rotatable bonds is 7. The Kier molecular flexibility index (Phi) is 5.57. The molecule has 2 aromatic carbocycles. The van der Waals surface area contributed by atoms with Crippen molar-refractivity contribution in [2.75, 3.05) is 0 Å². The molecule has 156 valence electrons. The lowest BCUT2D eigenvalue weighted by Crippen LogP contribution is -2.35. The third kappa shape index (κ3) is 4.22. The van der Waals surface area contributed by atoms with Gasteiger partial charge in [-0.2, -0.15) is 0 Å². The van der Waals surface area contributed by atoms with Gasteiger partial charge in [0.25, 0.3) is 11.1 Å². The molecule has 1 aromatic heterocycles. The van der Waals surface area contributed by atoms with Gasteiger partial charge in [-0.1, -0.05) is 50.2 Å². The standard InChI is InChI=1S/C24H27N3O3/c1-16(2)18-9-7-17(8-10-18)15-26(19-11-12-19)22(28)13-14-27-24(30)21-6-4-3-5-20(21)23(29)25-27/h3-10,16,19H,11-15H2,1-2H3,(H,25,29). The molecule has 6 heteroatoms. The van der Waals surface area contributed by atoms with E-state index in [0.717, 1.165) is 18.4 Å². The first-order valence-corrected chi connectivity index (χ1v) is 10.5. The maximum absolute atomic E-state index is 13.0. The van der Waals surface area contributed by atoms with Crippen molar-refractivity contribution in [3.8, 4) is 0 Å². The second kappa shape index (κ2) is 8.30. The summed E-state index contributed by atoms with van der Waals surface area (Å²) in [6, 6.07) is 15.4. The maximum atomic E-state index is 13.0. The Morgan fingerprint density at radius 3 is 2.37 bits per heavy atom. The number of carbonyl (C=O) groups excluding carboxylic acids is 1. The van der Waals surface area contributed by atoms with Gasteiger partial charge in [0.15, 0.2) is 0 Å². The van der Waals surface area contributed by atoms with Crippen LogP contribution in [-0.2, 0) is 17.9 Å². The topological polar surface area (TPSA) is 75.2 Å². The average Bonchev–Trinajstić information content (AvgIpc) is 3.59. The zero-order chi connectivity index (χ0) is 21.3. The van der Waals surface area contributed by atoms with Gasteiger partial charge in [0.2, 0.25) is 5.91 Å². The van der Waals surface area contributed by atoms with Crippen LogP contribution in [0.2, 0.25) is 0 Å². The van der Waals surface area contributed by atoms with E-state index in [-0.39, 0.29) is 36.0 Å². The number of nitrogens with one attached hydrogen (secondary N) is 1. The highest BCUT2D eigenvalue weighted by atomic mass is 16.2. The molecule has 0 aliphatic heterocycles. The van der Waals surface area contributed by atoms with Crippen LogP contribution in [0.5, 0.6) is 0 Å². The molecule has 0 bridgehead atoms. The minimum atomic E-state index is -0.318. The summed E-state index contributed by atoms with van der Waals surface area (Å²) in [7, 11) is 0. The molecule has 0 spiro atoms. The summed E-state index contributed by atoms with van der Waals surface area (Å²) in [6.45, 7) is 5.06. The van der Waals surface area contributed by atoms with E-state index in [0.29, 0.717) is 23.2 Å². The zero-order valence-corrected chi connectivity index (χ0v) is 17.4. The second-order valence-electron chi connectivity index (χ2n) is 8.34. The fourth-order valence-electron chi connectivity index (χ4n) is 3.77. The summed E-state index contributed by atoms with van der Waals surface area (Å²) in [6.07, 6.45) is 2.21. The Morgan fingerprint density at radius 1 is 1.07 bits per heavy atom. The van der Waals surface area contributed by atoms with E-state index in [2.05, 4.69) is 43.2 Å². The van der Waals surface area contributed by atoms with Gasteiger partial charge in [-0.15, -0.1) is 0 Å². The highest BCUT2D eigenvalue weighted by Crippen LogP contribution is 2.29. The van der Waals surface area contributed by atoms with Gasteiger partial charge >= 0.3 is 0 Å². The molecule has 1 aliphatic carbocycles. The Morgan fingerprint density at radius 2 is 1.73 bits per heavy atom. The summed E-state index contributed by atoms with van der Waals surface area (Å²) in [5, 5.41) is 3.35. The van der Waals surface area contributed by atoms with Crippen LogP contribution >= 0.6 is 0 Å². The van der Waals surface area contributed by atoms with E-state index in [1.54, 1.807) is 24.3 Å². The molecular weight excluding hydrogens is 378 g/mol. The number of hydrogen-bond donors (Lipinski definition) is 1. The van der Waals surface area contributed by atoms with Crippen LogP contribution in [0, 0.1) is 0 Å². The molecule has 3 aromatic rings. The van der Waals surface area contributed by atoms with Crippen LogP contribution in [0.3, 0.4) is 0 Å². The molecule has 1 N–H and O–H groups in total. The molecule has 1 aliphatic rings. The summed E-state index contributed by atoms with van der Waals surface area (Å²) < 4.78 is 1.26. The number of nitrogens with zero attached hydrogens (tertiary/aromatic N) is 2. The molecule has 0 saturated heterocycles. The molecule has 0 radical (unpaired) electrons. The van der Waals surface area contributed by atoms with E-state index >= 15 is 0 Å². The van der Waals surface area contributed by atoms with Crippen LogP contribution in [0.1, 0.15) is 50.2 Å². The molecule has 1 amide bonds. The van der Waals surface area contributed by atoms with Crippen molar-refractivity contribution < 1.29 is 4.79 Å². The van der Waals surface area contributed by atoms with Gasteiger partial charge in [0.05, 0.1) is 17.3 Å². The van der Waals surface area contributed by atoms with Crippen molar-refractivity contribution in [1.82, 2.24) is 14.7 Å². The van der Waals surface area contributed by atoms with E-state index in [9.17, 15) is 14.4 Å². The van der Waals surface area contributed by atoms with Gasteiger partial charge < -0.3 is 4.90 Å². The van der Waals surface area contributed by atoms with Crippen LogP contribution in [-0.4, -0.2) is 26.6 Å². The Hall–Kier alpha value is -3.15. The highest BCUT2D eigenvalue weighted by Gasteiger charge is 2.32. The average molecular weight is 405 g/mol. The number of hydrogen-bond acceptors (Lipinski definition) is 3. The maximum Gasteiger partial charge on any atom is 0.273 e. The lowest BCUT2D eigenvalue weighted by Gasteiger charge is -2.23. The minimum absolute atomic E-state index is 0.00587. The summed E-state index contributed by atoms with van der Waals surface area (Å²) >= 11 is 0. The van der Waals surface area contributed by atoms with E-state index < -0.39 is 0 Å². The van der Waals surface area contributed by atoms with Gasteiger partial charge in [-0.3, -0.25) is 19.5 Å². The van der Waals surface area contributed by atoms with E-state index in [1.165, 1.54) is 10.2 Å². The third-order valence-electron chi connectivity index (χ3n) is 5.74. The smallest absolute Gasteiger partial charge is 0.273 e. The lowest BCUT2D eigenvalue weighted by atomic mass is 10.0. The van der Waals surface area contributed by atoms with Crippen LogP contribution in [0.15, 0.2) is 58.1 Å². The van der Waals surface area contributed by atoms with Crippen molar-refractivity contribution in [2.24, 2.45) is 0 Å². The predicted octanol–water partition coefficient (Wildman–Crippen LogP) is 3.39. The molecule has 30 heavy (non-hydrogen) atoms. The molecule has 1 heterocycles. The zero-order valence-electron chi connectivity index (χ0n) is 17.4. The molecule has 1 saturated carbocycles. The van der Waals surface area contributed by atoms with Crippen LogP contribution in [0.4, 0.5) is 0 Å². The number of benzene rings is 2. The highest BCUT2D eigenvalue weighted by molar-refractivity contribution is 5.80. The van der Waals surface area contributed by atoms with Crippen molar-refractivity contribution in [2.45, 2.75) is 58.2 Å². The number of aromatic nitrogens is 2. The Bertz CT molecular complexity index is 1170. The SMILES string of the molecule is CC(C)c1ccc(CN(C(=O)CCn2[nH]c(=O)c3ccccc3c2=O)C2CC2)cc1. The number of carbonyl (C=O) groups is 1. The molecule has 4 rings (SSSR count). The number of H-pyrrole nitrogens is 1. The van der Waals surface area contributed by atoms with Crippen LogP contribution < -0.4 is 11.1 Å². The van der Waals surface area contributed by atoms with Crippen LogP contribution in [0.25, 0.3) is 10.8 Å². The van der Waals surface area contributed by atoms with Crippen molar-refractivity contribution in [3.63, 3.8) is 0 Å². The minimum Gasteiger partial charge on any atom is -0.335 e. The molecule has 0 atom stereocenters. The third-order valence-corrected chi connectivity index (χ3v) is 5.74. The van der Waals surface area contributed by atoms with E-state index in [4.69, 9.17) is 0 Å². The molecule has 6 nitrogen and oxygen atoms in total. The van der Waals surface area contributed by atoms with Gasteiger partial charge in [0, 0.05) is 19.0 Å². The van der Waals surface area contributed by atoms with E-state index in [1.807, 2.05) is 4.90 Å². The fourth-order valence-corrected chi connectivity index (χ4v) is 3.77. The van der Waals surface area contributed by atoms with Gasteiger partial charge in [0.1, 0.15) is 0 Å². The number of fused-ring (bicyclic) bond motifs is 1. The first-order chi connectivity index (χ1) is 14.4. The first kappa shape index (κ1) is 20.1. The summed E-state index contributed by atoms with van der Waals surface area (Å²) in [5.74, 6) is 0.481. The molecule has 0 unspecified atom stereocenters. The lowest BCUT2D eigenvalue weighted by molar-refractivity contribution is -0.132. The number of amides is 1. The monoisotopic (exact) mass is 405 g/mol. The molecule has 1 fully saturated rings. The Labute approximate surface area is 175 Å². The second-order valence-corrected chi connectivity index (χ2v) is 8.34. The fraction of sp³-hybridized carbons (Fsp3) is 0.375.